The Morgan fingerprint density at radius 2 is 1.66 bits per heavy atom. The molecule has 0 N–H and O–H groups in total. The zero-order valence-corrected chi connectivity index (χ0v) is 15.0. The van der Waals surface area contributed by atoms with E-state index < -0.39 is 18.6 Å². The maximum atomic E-state index is 13.7. The van der Waals surface area contributed by atoms with Gasteiger partial charge in [0.1, 0.15) is 17.4 Å². The molecule has 4 rings (SSSR count). The number of hydrogen-bond donors (Lipinski definition) is 0. The van der Waals surface area contributed by atoms with E-state index in [9.17, 15) is 22.0 Å². The number of hydrogen-bond acceptors (Lipinski definition) is 3. The van der Waals surface area contributed by atoms with Gasteiger partial charge in [0.2, 0.25) is 0 Å². The van der Waals surface area contributed by atoms with E-state index in [2.05, 4.69) is 4.98 Å². The molecule has 150 valence electrons. The van der Waals surface area contributed by atoms with Crippen LogP contribution in [0.5, 0.6) is 5.75 Å². The molecule has 3 nitrogen and oxygen atoms in total. The fraction of sp³-hybridized carbons (Fsp3) is 0.190. The SMILES string of the molecule is Fc1ccc(N2Cc3ccnc(-c4ccc(F)cc4OCC(F)(F)F)c3C2)cc1. The van der Waals surface area contributed by atoms with Crippen molar-refractivity contribution in [2.75, 3.05) is 11.5 Å². The molecule has 1 aromatic heterocycles. The van der Waals surface area contributed by atoms with Gasteiger partial charge in [-0.1, -0.05) is 0 Å². The number of fused-ring (bicyclic) bond motifs is 1. The lowest BCUT2D eigenvalue weighted by Crippen LogP contribution is -2.19. The number of aromatic nitrogens is 1. The number of halogens is 5. The first-order valence-corrected chi connectivity index (χ1v) is 8.77. The summed E-state index contributed by atoms with van der Waals surface area (Å²) in [7, 11) is 0. The van der Waals surface area contributed by atoms with Crippen LogP contribution >= 0.6 is 0 Å². The minimum Gasteiger partial charge on any atom is -0.483 e. The molecule has 3 aromatic rings. The normalized spacial score (nSPS) is 13.5. The molecule has 1 aliphatic rings. The van der Waals surface area contributed by atoms with E-state index in [4.69, 9.17) is 4.74 Å². The Hall–Kier alpha value is -3.16. The van der Waals surface area contributed by atoms with Crippen molar-refractivity contribution in [1.82, 2.24) is 4.98 Å². The maximum Gasteiger partial charge on any atom is 0.422 e. The summed E-state index contributed by atoms with van der Waals surface area (Å²) in [5.41, 5.74) is 3.27. The summed E-state index contributed by atoms with van der Waals surface area (Å²) in [6, 6.07) is 11.3. The first-order valence-electron chi connectivity index (χ1n) is 8.77. The van der Waals surface area contributed by atoms with Crippen molar-refractivity contribution in [3.63, 3.8) is 0 Å². The van der Waals surface area contributed by atoms with Crippen LogP contribution in [0.25, 0.3) is 11.3 Å². The van der Waals surface area contributed by atoms with Gasteiger partial charge in [-0.25, -0.2) is 8.78 Å². The number of rotatable bonds is 4. The minimum absolute atomic E-state index is 0.219. The predicted molar refractivity (Wildman–Crippen MR) is 97.5 cm³/mol. The van der Waals surface area contributed by atoms with Crippen LogP contribution in [0.15, 0.2) is 54.7 Å². The van der Waals surface area contributed by atoms with E-state index in [-0.39, 0.29) is 17.1 Å². The molecule has 2 heterocycles. The average Bonchev–Trinajstić information content (AvgIpc) is 3.11. The van der Waals surface area contributed by atoms with E-state index in [0.29, 0.717) is 18.8 Å². The molecule has 29 heavy (non-hydrogen) atoms. The Morgan fingerprint density at radius 1 is 0.931 bits per heavy atom. The fourth-order valence-electron chi connectivity index (χ4n) is 3.35. The van der Waals surface area contributed by atoms with E-state index in [1.54, 1.807) is 18.3 Å². The lowest BCUT2D eigenvalue weighted by molar-refractivity contribution is -0.153. The van der Waals surface area contributed by atoms with Crippen LogP contribution in [0.4, 0.5) is 27.6 Å². The van der Waals surface area contributed by atoms with Crippen LogP contribution in [-0.2, 0) is 13.1 Å². The summed E-state index contributed by atoms with van der Waals surface area (Å²) in [5, 5.41) is 0. The highest BCUT2D eigenvalue weighted by Crippen LogP contribution is 2.38. The Balaban J connectivity index is 1.69. The average molecular weight is 406 g/mol. The molecule has 0 saturated heterocycles. The van der Waals surface area contributed by atoms with Crippen LogP contribution < -0.4 is 9.64 Å². The molecule has 0 fully saturated rings. The summed E-state index contributed by atoms with van der Waals surface area (Å²) in [6.45, 7) is -0.559. The standard InChI is InChI=1S/C21H15F5N2O/c22-14-1-4-16(5-2-14)28-10-13-7-8-27-20(18(13)11-28)17-6-3-15(23)9-19(17)29-12-21(24,25)26/h1-9H,10-12H2. The highest BCUT2D eigenvalue weighted by Gasteiger charge is 2.30. The molecule has 2 aromatic carbocycles. The number of pyridine rings is 1. The predicted octanol–water partition coefficient (Wildman–Crippen LogP) is 5.49. The Morgan fingerprint density at radius 3 is 2.38 bits per heavy atom. The highest BCUT2D eigenvalue weighted by atomic mass is 19.4. The van der Waals surface area contributed by atoms with Crippen molar-refractivity contribution in [1.29, 1.82) is 0 Å². The summed E-state index contributed by atoms with van der Waals surface area (Å²) >= 11 is 0. The first-order chi connectivity index (χ1) is 13.8. The number of nitrogens with zero attached hydrogens (tertiary/aromatic N) is 2. The lowest BCUT2D eigenvalue weighted by Gasteiger charge is -2.18. The van der Waals surface area contributed by atoms with E-state index in [1.165, 1.54) is 18.2 Å². The Kier molecular flexibility index (Phi) is 4.86. The summed E-state index contributed by atoms with van der Waals surface area (Å²) in [6.07, 6.45) is -2.99. The zero-order chi connectivity index (χ0) is 20.6. The maximum absolute atomic E-state index is 13.7. The van der Waals surface area contributed by atoms with Gasteiger partial charge in [0.05, 0.1) is 5.69 Å². The summed E-state index contributed by atoms with van der Waals surface area (Å²) in [5.74, 6) is -1.26. The quantitative estimate of drug-likeness (QED) is 0.536. The number of benzene rings is 2. The van der Waals surface area contributed by atoms with Crippen molar-refractivity contribution >= 4 is 5.69 Å². The third-order valence-corrected chi connectivity index (χ3v) is 4.64. The molecule has 0 unspecified atom stereocenters. The molecule has 0 aliphatic carbocycles. The van der Waals surface area contributed by atoms with Gasteiger partial charge in [-0.05, 0) is 48.0 Å². The van der Waals surface area contributed by atoms with Crippen molar-refractivity contribution in [3.05, 3.63) is 77.5 Å². The molecule has 0 amide bonds. The summed E-state index contributed by atoms with van der Waals surface area (Å²) < 4.78 is 69.5. The van der Waals surface area contributed by atoms with Gasteiger partial charge in [0, 0.05) is 42.2 Å². The van der Waals surface area contributed by atoms with Crippen LogP contribution in [0.1, 0.15) is 11.1 Å². The van der Waals surface area contributed by atoms with Crippen molar-refractivity contribution < 1.29 is 26.7 Å². The van der Waals surface area contributed by atoms with Gasteiger partial charge in [-0.15, -0.1) is 0 Å². The first kappa shape index (κ1) is 19.2. The minimum atomic E-state index is -4.55. The zero-order valence-electron chi connectivity index (χ0n) is 15.0. The second kappa shape index (κ2) is 7.35. The Labute approximate surface area is 163 Å². The number of ether oxygens (including phenoxy) is 1. The molecule has 0 bridgehead atoms. The van der Waals surface area contributed by atoms with Gasteiger partial charge in [0.25, 0.3) is 0 Å². The van der Waals surface area contributed by atoms with Crippen molar-refractivity contribution in [2.45, 2.75) is 19.3 Å². The van der Waals surface area contributed by atoms with Gasteiger partial charge < -0.3 is 9.64 Å². The topological polar surface area (TPSA) is 25.4 Å². The van der Waals surface area contributed by atoms with Crippen LogP contribution in [0.2, 0.25) is 0 Å². The molecule has 0 radical (unpaired) electrons. The molecule has 0 atom stereocenters. The van der Waals surface area contributed by atoms with Crippen LogP contribution in [0.3, 0.4) is 0 Å². The molecular formula is C21H15F5N2O. The van der Waals surface area contributed by atoms with Gasteiger partial charge in [-0.3, -0.25) is 4.98 Å². The Bertz CT molecular complexity index is 1030. The summed E-state index contributed by atoms with van der Waals surface area (Å²) in [4.78, 5) is 6.32. The van der Waals surface area contributed by atoms with E-state index in [0.717, 1.165) is 28.9 Å². The van der Waals surface area contributed by atoms with Gasteiger partial charge >= 0.3 is 6.18 Å². The molecule has 0 spiro atoms. The molecular weight excluding hydrogens is 391 g/mol. The highest BCUT2D eigenvalue weighted by molar-refractivity contribution is 5.73. The van der Waals surface area contributed by atoms with Gasteiger partial charge in [-0.2, -0.15) is 13.2 Å². The number of anilines is 1. The molecule has 1 aliphatic heterocycles. The van der Waals surface area contributed by atoms with Crippen LogP contribution in [0, 0.1) is 11.6 Å². The van der Waals surface area contributed by atoms with Crippen molar-refractivity contribution in [2.24, 2.45) is 0 Å². The molecule has 8 heteroatoms. The third-order valence-electron chi connectivity index (χ3n) is 4.64. The van der Waals surface area contributed by atoms with E-state index in [1.807, 2.05) is 11.0 Å². The second-order valence-corrected chi connectivity index (χ2v) is 6.67. The monoisotopic (exact) mass is 406 g/mol. The molecule has 0 saturated carbocycles. The van der Waals surface area contributed by atoms with Crippen LogP contribution in [-0.4, -0.2) is 17.8 Å². The second-order valence-electron chi connectivity index (χ2n) is 6.67. The fourth-order valence-corrected chi connectivity index (χ4v) is 3.35. The largest absolute Gasteiger partial charge is 0.483 e. The smallest absolute Gasteiger partial charge is 0.422 e. The number of alkyl halides is 3. The third kappa shape index (κ3) is 4.16. The lowest BCUT2D eigenvalue weighted by atomic mass is 10.0. The van der Waals surface area contributed by atoms with Gasteiger partial charge in [0.15, 0.2) is 6.61 Å². The van der Waals surface area contributed by atoms with E-state index >= 15 is 0 Å². The van der Waals surface area contributed by atoms with Crippen molar-refractivity contribution in [3.8, 4) is 17.0 Å².